The number of nitrogens with zero attached hydrogens (tertiary/aromatic N) is 3. The summed E-state index contributed by atoms with van der Waals surface area (Å²) in [6, 6.07) is 0. The Morgan fingerprint density at radius 1 is 1.53 bits per heavy atom. The standard InChI is InChI=1S/C9H14N4O2S2/c1-12-7(14)6-17-9(12)11-10-8(16)13-2-4-15-5-3-13/h2-6H2,1H3,(H,10,16). The third-order valence-electron chi connectivity index (χ3n) is 2.53. The van der Waals surface area contributed by atoms with Crippen LogP contribution in [0.1, 0.15) is 0 Å². The largest absolute Gasteiger partial charge is 0.378 e. The Balaban J connectivity index is 1.86. The molecule has 94 valence electrons. The number of amides is 1. The Kier molecular flexibility index (Phi) is 4.19. The quantitative estimate of drug-likeness (QED) is 0.522. The first kappa shape index (κ1) is 12.6. The van der Waals surface area contributed by atoms with Gasteiger partial charge in [-0.15, -0.1) is 5.10 Å². The number of amidine groups is 1. The van der Waals surface area contributed by atoms with Crippen LogP contribution in [0.3, 0.4) is 0 Å². The lowest BCUT2D eigenvalue weighted by atomic mass is 10.5. The van der Waals surface area contributed by atoms with Crippen LogP contribution in [0.4, 0.5) is 0 Å². The van der Waals surface area contributed by atoms with Crippen LogP contribution >= 0.6 is 24.0 Å². The first-order valence-electron chi connectivity index (χ1n) is 5.28. The maximum Gasteiger partial charge on any atom is 0.238 e. The van der Waals surface area contributed by atoms with Crippen LogP contribution < -0.4 is 5.43 Å². The van der Waals surface area contributed by atoms with Crippen molar-refractivity contribution in [2.45, 2.75) is 0 Å². The van der Waals surface area contributed by atoms with Crippen molar-refractivity contribution in [3.05, 3.63) is 0 Å². The van der Waals surface area contributed by atoms with E-state index in [1.165, 1.54) is 16.7 Å². The number of nitrogens with one attached hydrogen (secondary N) is 1. The fraction of sp³-hybridized carbons (Fsp3) is 0.667. The van der Waals surface area contributed by atoms with E-state index in [1.807, 2.05) is 4.90 Å². The third-order valence-corrected chi connectivity index (χ3v) is 3.90. The van der Waals surface area contributed by atoms with Crippen molar-refractivity contribution in [2.75, 3.05) is 39.1 Å². The lowest BCUT2D eigenvalue weighted by Gasteiger charge is -2.28. The molecule has 2 aliphatic rings. The first-order valence-corrected chi connectivity index (χ1v) is 6.67. The van der Waals surface area contributed by atoms with E-state index < -0.39 is 0 Å². The van der Waals surface area contributed by atoms with Gasteiger partial charge in [0.05, 0.1) is 19.0 Å². The maximum atomic E-state index is 11.3. The van der Waals surface area contributed by atoms with Gasteiger partial charge in [-0.25, -0.2) is 0 Å². The Bertz CT molecular complexity index is 355. The molecule has 0 aromatic carbocycles. The molecule has 0 bridgehead atoms. The second-order valence-electron chi connectivity index (χ2n) is 3.65. The van der Waals surface area contributed by atoms with Gasteiger partial charge in [-0.1, -0.05) is 11.8 Å². The molecule has 0 unspecified atom stereocenters. The second-order valence-corrected chi connectivity index (χ2v) is 4.98. The molecule has 0 saturated carbocycles. The summed E-state index contributed by atoms with van der Waals surface area (Å²) in [7, 11) is 1.71. The van der Waals surface area contributed by atoms with Gasteiger partial charge in [0.25, 0.3) is 0 Å². The van der Waals surface area contributed by atoms with Gasteiger partial charge in [-0.2, -0.15) is 0 Å². The van der Waals surface area contributed by atoms with Gasteiger partial charge >= 0.3 is 0 Å². The fourth-order valence-electron chi connectivity index (χ4n) is 1.47. The SMILES string of the molecule is CN1C(=O)CSC1=NNC(=S)N1CCOCC1. The number of carbonyl (C=O) groups excluding carboxylic acids is 1. The topological polar surface area (TPSA) is 57.2 Å². The average molecular weight is 274 g/mol. The lowest BCUT2D eigenvalue weighted by molar-refractivity contribution is -0.123. The zero-order valence-corrected chi connectivity index (χ0v) is 11.1. The number of ether oxygens (including phenoxy) is 1. The van der Waals surface area contributed by atoms with Crippen molar-refractivity contribution >= 4 is 40.2 Å². The van der Waals surface area contributed by atoms with Gasteiger partial charge in [-0.05, 0) is 12.2 Å². The van der Waals surface area contributed by atoms with Crippen LogP contribution in [0.5, 0.6) is 0 Å². The van der Waals surface area contributed by atoms with E-state index in [4.69, 9.17) is 17.0 Å². The van der Waals surface area contributed by atoms with Gasteiger partial charge in [0.2, 0.25) is 5.91 Å². The molecule has 1 N–H and O–H groups in total. The number of rotatable bonds is 1. The fourth-order valence-corrected chi connectivity index (χ4v) is 2.55. The monoisotopic (exact) mass is 274 g/mol. The van der Waals surface area contributed by atoms with Crippen molar-refractivity contribution in [1.82, 2.24) is 15.2 Å². The minimum Gasteiger partial charge on any atom is -0.378 e. The maximum absolute atomic E-state index is 11.3. The van der Waals surface area contributed by atoms with E-state index in [0.29, 0.717) is 29.2 Å². The second kappa shape index (κ2) is 5.65. The highest BCUT2D eigenvalue weighted by atomic mass is 32.2. The number of hydrogen-bond donors (Lipinski definition) is 1. The molecule has 0 aromatic heterocycles. The van der Waals surface area contributed by atoms with E-state index >= 15 is 0 Å². The van der Waals surface area contributed by atoms with E-state index in [2.05, 4.69) is 10.5 Å². The van der Waals surface area contributed by atoms with Crippen molar-refractivity contribution in [3.8, 4) is 0 Å². The van der Waals surface area contributed by atoms with E-state index in [0.717, 1.165) is 13.1 Å². The van der Waals surface area contributed by atoms with Crippen LogP contribution in [0, 0.1) is 0 Å². The highest BCUT2D eigenvalue weighted by Gasteiger charge is 2.24. The summed E-state index contributed by atoms with van der Waals surface area (Å²) in [6.07, 6.45) is 0. The molecule has 2 rings (SSSR count). The summed E-state index contributed by atoms with van der Waals surface area (Å²) in [6.45, 7) is 2.92. The highest BCUT2D eigenvalue weighted by Crippen LogP contribution is 2.16. The van der Waals surface area contributed by atoms with Crippen LogP contribution in [-0.4, -0.2) is 65.1 Å². The number of thioether (sulfide) groups is 1. The van der Waals surface area contributed by atoms with E-state index in [-0.39, 0.29) is 5.91 Å². The zero-order chi connectivity index (χ0) is 12.3. The molecule has 0 aliphatic carbocycles. The van der Waals surface area contributed by atoms with Gasteiger partial charge in [-0.3, -0.25) is 15.1 Å². The van der Waals surface area contributed by atoms with Crippen LogP contribution in [0.15, 0.2) is 5.10 Å². The number of thiocarbonyl (C=S) groups is 1. The lowest BCUT2D eigenvalue weighted by Crippen LogP contribution is -2.45. The molecular weight excluding hydrogens is 260 g/mol. The smallest absolute Gasteiger partial charge is 0.238 e. The van der Waals surface area contributed by atoms with Crippen LogP contribution in [0.25, 0.3) is 0 Å². The summed E-state index contributed by atoms with van der Waals surface area (Å²) in [5.74, 6) is 0.509. The van der Waals surface area contributed by atoms with E-state index in [1.54, 1.807) is 7.05 Å². The number of carbonyl (C=O) groups is 1. The Morgan fingerprint density at radius 3 is 2.82 bits per heavy atom. The molecule has 2 fully saturated rings. The third kappa shape index (κ3) is 3.08. The summed E-state index contributed by atoms with van der Waals surface area (Å²) in [5, 5.41) is 5.38. The molecule has 0 radical (unpaired) electrons. The molecule has 1 amide bonds. The minimum absolute atomic E-state index is 0.0628. The van der Waals surface area contributed by atoms with Crippen molar-refractivity contribution < 1.29 is 9.53 Å². The van der Waals surface area contributed by atoms with Crippen molar-refractivity contribution in [3.63, 3.8) is 0 Å². The number of morpholine rings is 1. The molecule has 2 heterocycles. The molecular formula is C9H14N4O2S2. The van der Waals surface area contributed by atoms with Crippen molar-refractivity contribution in [1.29, 1.82) is 0 Å². The molecule has 0 spiro atoms. The molecule has 2 aliphatic heterocycles. The van der Waals surface area contributed by atoms with Crippen molar-refractivity contribution in [2.24, 2.45) is 5.10 Å². The molecule has 17 heavy (non-hydrogen) atoms. The summed E-state index contributed by atoms with van der Waals surface area (Å²) >= 11 is 6.62. The highest BCUT2D eigenvalue weighted by molar-refractivity contribution is 8.15. The molecule has 0 atom stereocenters. The zero-order valence-electron chi connectivity index (χ0n) is 9.51. The average Bonchev–Trinajstić information content (AvgIpc) is 2.68. The molecule has 8 heteroatoms. The Labute approximate surface area is 109 Å². The van der Waals surface area contributed by atoms with Gasteiger partial charge in [0, 0.05) is 20.1 Å². The Morgan fingerprint density at radius 2 is 2.24 bits per heavy atom. The molecule has 6 nitrogen and oxygen atoms in total. The van der Waals surface area contributed by atoms with Gasteiger partial charge in [0.1, 0.15) is 0 Å². The molecule has 0 aromatic rings. The summed E-state index contributed by atoms with van der Waals surface area (Å²) in [4.78, 5) is 14.8. The normalized spacial score (nSPS) is 23.4. The van der Waals surface area contributed by atoms with Gasteiger partial charge in [0.15, 0.2) is 10.3 Å². The predicted octanol–water partition coefficient (Wildman–Crippen LogP) is -0.331. The number of hydrogen-bond acceptors (Lipinski definition) is 5. The summed E-state index contributed by atoms with van der Waals surface area (Å²) in [5.41, 5.74) is 2.82. The number of hydrazone groups is 1. The molecule has 2 saturated heterocycles. The summed E-state index contributed by atoms with van der Waals surface area (Å²) < 4.78 is 5.24. The minimum atomic E-state index is 0.0628. The van der Waals surface area contributed by atoms with Crippen LogP contribution in [-0.2, 0) is 9.53 Å². The van der Waals surface area contributed by atoms with Gasteiger partial charge < -0.3 is 9.64 Å². The first-order chi connectivity index (χ1) is 8.18. The Hall–Kier alpha value is -0.860. The predicted molar refractivity (Wildman–Crippen MR) is 70.8 cm³/mol. The van der Waals surface area contributed by atoms with E-state index in [9.17, 15) is 4.79 Å². The van der Waals surface area contributed by atoms with Crippen LogP contribution in [0.2, 0.25) is 0 Å².